The number of nitrogens with zero attached hydrogens (tertiary/aromatic N) is 1. The molecule has 0 atom stereocenters. The molecule has 3 rings (SSSR count). The Morgan fingerprint density at radius 1 is 1.07 bits per heavy atom. The molecule has 140 valence electrons. The number of rotatable bonds is 8. The highest BCUT2D eigenvalue weighted by Crippen LogP contribution is 2.26. The van der Waals surface area contributed by atoms with Crippen LogP contribution in [0.3, 0.4) is 0 Å². The maximum Gasteiger partial charge on any atom is 0.264 e. The molecule has 0 bridgehead atoms. The molecule has 0 aliphatic heterocycles. The highest BCUT2D eigenvalue weighted by atomic mass is 79.9. The van der Waals surface area contributed by atoms with Gasteiger partial charge in [-0.3, -0.25) is 10.1 Å². The fraction of sp³-hybridized carbons (Fsp3) is 0.200. The second-order valence-corrected chi connectivity index (χ2v) is 7.48. The minimum absolute atomic E-state index is 0.0694. The van der Waals surface area contributed by atoms with E-state index in [2.05, 4.69) is 33.2 Å². The van der Waals surface area contributed by atoms with E-state index >= 15 is 0 Å². The van der Waals surface area contributed by atoms with E-state index < -0.39 is 0 Å². The number of thiazole rings is 1. The Balaban J connectivity index is 1.54. The predicted molar refractivity (Wildman–Crippen MR) is 112 cm³/mol. The number of carbonyl (C=O) groups is 1. The second kappa shape index (κ2) is 9.53. The third-order valence-electron chi connectivity index (χ3n) is 3.56. The summed E-state index contributed by atoms with van der Waals surface area (Å²) in [6.07, 6.45) is 0.975. The smallest absolute Gasteiger partial charge is 0.264 e. The fourth-order valence-corrected chi connectivity index (χ4v) is 3.24. The molecule has 0 aliphatic rings. The van der Waals surface area contributed by atoms with Crippen LogP contribution in [-0.4, -0.2) is 24.1 Å². The molecule has 0 saturated heterocycles. The summed E-state index contributed by atoms with van der Waals surface area (Å²) in [6.45, 7) is 2.71. The Morgan fingerprint density at radius 3 is 2.44 bits per heavy atom. The van der Waals surface area contributed by atoms with E-state index in [1.807, 2.05) is 41.8 Å². The molecule has 27 heavy (non-hydrogen) atoms. The van der Waals surface area contributed by atoms with Crippen molar-refractivity contribution in [2.45, 2.75) is 13.3 Å². The van der Waals surface area contributed by atoms with E-state index in [0.29, 0.717) is 17.5 Å². The van der Waals surface area contributed by atoms with Crippen LogP contribution in [0.4, 0.5) is 5.13 Å². The maximum atomic E-state index is 12.0. The highest BCUT2D eigenvalue weighted by Gasteiger charge is 2.09. The molecule has 7 heteroatoms. The van der Waals surface area contributed by atoms with Crippen molar-refractivity contribution in [2.75, 3.05) is 18.5 Å². The van der Waals surface area contributed by atoms with Crippen LogP contribution in [0.1, 0.15) is 13.3 Å². The molecule has 0 fully saturated rings. The Morgan fingerprint density at radius 2 is 1.74 bits per heavy atom. The van der Waals surface area contributed by atoms with Crippen molar-refractivity contribution in [3.63, 3.8) is 0 Å². The molecule has 0 aliphatic carbocycles. The number of ether oxygens (including phenoxy) is 2. The van der Waals surface area contributed by atoms with Gasteiger partial charge in [-0.1, -0.05) is 22.9 Å². The van der Waals surface area contributed by atoms with Gasteiger partial charge in [-0.2, -0.15) is 0 Å². The van der Waals surface area contributed by atoms with Crippen molar-refractivity contribution in [1.29, 1.82) is 0 Å². The summed E-state index contributed by atoms with van der Waals surface area (Å²) in [5.74, 6) is 1.23. The zero-order valence-electron chi connectivity index (χ0n) is 14.8. The number of carbonyl (C=O) groups excluding carboxylic acids is 1. The normalized spacial score (nSPS) is 10.4. The van der Waals surface area contributed by atoms with Gasteiger partial charge in [0.2, 0.25) is 0 Å². The third kappa shape index (κ3) is 5.80. The predicted octanol–water partition coefficient (Wildman–Crippen LogP) is 5.38. The summed E-state index contributed by atoms with van der Waals surface area (Å²) in [5.41, 5.74) is 1.79. The van der Waals surface area contributed by atoms with Crippen LogP contribution in [0.15, 0.2) is 58.4 Å². The van der Waals surface area contributed by atoms with Crippen molar-refractivity contribution in [3.05, 3.63) is 58.4 Å². The van der Waals surface area contributed by atoms with Crippen LogP contribution in [0.2, 0.25) is 0 Å². The van der Waals surface area contributed by atoms with Crippen molar-refractivity contribution in [1.82, 2.24) is 4.98 Å². The van der Waals surface area contributed by atoms with Gasteiger partial charge in [0.15, 0.2) is 11.7 Å². The average molecular weight is 447 g/mol. The van der Waals surface area contributed by atoms with E-state index in [1.165, 1.54) is 11.3 Å². The lowest BCUT2D eigenvalue weighted by Crippen LogP contribution is -2.20. The maximum absolute atomic E-state index is 12.0. The molecule has 3 aromatic rings. The molecular weight excluding hydrogens is 428 g/mol. The van der Waals surface area contributed by atoms with E-state index in [9.17, 15) is 4.79 Å². The average Bonchev–Trinajstić information content (AvgIpc) is 3.14. The lowest BCUT2D eigenvalue weighted by atomic mass is 10.2. The first-order valence-corrected chi connectivity index (χ1v) is 10.2. The minimum Gasteiger partial charge on any atom is -0.494 e. The summed E-state index contributed by atoms with van der Waals surface area (Å²) in [5, 5.41) is 5.21. The van der Waals surface area contributed by atoms with Gasteiger partial charge in [-0.15, -0.1) is 11.3 Å². The van der Waals surface area contributed by atoms with Crippen LogP contribution in [-0.2, 0) is 4.79 Å². The van der Waals surface area contributed by atoms with Gasteiger partial charge in [-0.25, -0.2) is 4.98 Å². The number of anilines is 1. The number of hydrogen-bond acceptors (Lipinski definition) is 5. The van der Waals surface area contributed by atoms with Crippen LogP contribution in [0.25, 0.3) is 11.3 Å². The van der Waals surface area contributed by atoms with Crippen LogP contribution in [0, 0.1) is 0 Å². The SMILES string of the molecule is CCCOc1ccc(-c2csc(NC(=O)COc3ccc(Br)cc3)n2)cc1. The first kappa shape index (κ1) is 19.4. The van der Waals surface area contributed by atoms with Gasteiger partial charge < -0.3 is 9.47 Å². The second-order valence-electron chi connectivity index (χ2n) is 5.70. The standard InChI is InChI=1S/C20H19BrN2O3S/c1-2-11-25-16-7-3-14(4-8-16)18-13-27-20(22-18)23-19(24)12-26-17-9-5-15(21)6-10-17/h3-10,13H,2,11-12H2,1H3,(H,22,23,24). The first-order chi connectivity index (χ1) is 13.1. The van der Waals surface area contributed by atoms with Crippen LogP contribution >= 0.6 is 27.3 Å². The summed E-state index contributed by atoms with van der Waals surface area (Å²) in [7, 11) is 0. The minimum atomic E-state index is -0.248. The molecule has 1 amide bonds. The first-order valence-electron chi connectivity index (χ1n) is 8.51. The lowest BCUT2D eigenvalue weighted by molar-refractivity contribution is -0.118. The number of aromatic nitrogens is 1. The van der Waals surface area contributed by atoms with Gasteiger partial charge in [-0.05, 0) is 55.0 Å². The molecule has 0 radical (unpaired) electrons. The largest absolute Gasteiger partial charge is 0.494 e. The zero-order chi connectivity index (χ0) is 19.1. The number of nitrogens with one attached hydrogen (secondary N) is 1. The number of hydrogen-bond donors (Lipinski definition) is 1. The monoisotopic (exact) mass is 446 g/mol. The molecule has 0 saturated carbocycles. The van der Waals surface area contributed by atoms with Gasteiger partial charge in [0, 0.05) is 15.4 Å². The van der Waals surface area contributed by atoms with Gasteiger partial charge in [0.1, 0.15) is 11.5 Å². The summed E-state index contributed by atoms with van der Waals surface area (Å²) in [6, 6.07) is 15.1. The Labute approximate surface area is 170 Å². The van der Waals surface area contributed by atoms with Gasteiger partial charge in [0.05, 0.1) is 12.3 Å². The molecule has 0 unspecified atom stereocenters. The highest BCUT2D eigenvalue weighted by molar-refractivity contribution is 9.10. The lowest BCUT2D eigenvalue weighted by Gasteiger charge is -2.06. The molecule has 2 aromatic carbocycles. The third-order valence-corrected chi connectivity index (χ3v) is 4.84. The van der Waals surface area contributed by atoms with Crippen molar-refractivity contribution >= 4 is 38.3 Å². The molecule has 0 spiro atoms. The molecule has 1 heterocycles. The summed E-state index contributed by atoms with van der Waals surface area (Å²) >= 11 is 4.74. The van der Waals surface area contributed by atoms with Gasteiger partial charge in [0.25, 0.3) is 5.91 Å². The summed E-state index contributed by atoms with van der Waals surface area (Å²) < 4.78 is 12.0. The van der Waals surface area contributed by atoms with Crippen LogP contribution < -0.4 is 14.8 Å². The van der Waals surface area contributed by atoms with Crippen molar-refractivity contribution in [3.8, 4) is 22.8 Å². The summed E-state index contributed by atoms with van der Waals surface area (Å²) in [4.78, 5) is 16.5. The van der Waals surface area contributed by atoms with Crippen molar-refractivity contribution in [2.24, 2.45) is 0 Å². The molecule has 5 nitrogen and oxygen atoms in total. The van der Waals surface area contributed by atoms with E-state index in [0.717, 1.165) is 27.9 Å². The van der Waals surface area contributed by atoms with E-state index in [4.69, 9.17) is 9.47 Å². The van der Waals surface area contributed by atoms with E-state index in [-0.39, 0.29) is 12.5 Å². The number of benzene rings is 2. The van der Waals surface area contributed by atoms with Crippen molar-refractivity contribution < 1.29 is 14.3 Å². The van der Waals surface area contributed by atoms with E-state index in [1.54, 1.807) is 12.1 Å². The molecule has 1 N–H and O–H groups in total. The Kier molecular flexibility index (Phi) is 6.84. The topological polar surface area (TPSA) is 60.5 Å². The number of halogens is 1. The molecule has 1 aromatic heterocycles. The molecular formula is C20H19BrN2O3S. The Hall–Kier alpha value is -2.38. The number of amides is 1. The zero-order valence-corrected chi connectivity index (χ0v) is 17.2. The van der Waals surface area contributed by atoms with Gasteiger partial charge >= 0.3 is 0 Å². The van der Waals surface area contributed by atoms with Crippen LogP contribution in [0.5, 0.6) is 11.5 Å². The fourth-order valence-electron chi connectivity index (χ4n) is 2.24. The quantitative estimate of drug-likeness (QED) is 0.504. The Bertz CT molecular complexity index is 879.